The fourth-order valence-corrected chi connectivity index (χ4v) is 2.93. The van der Waals surface area contributed by atoms with Crippen LogP contribution < -0.4 is 11.1 Å². The largest absolute Gasteiger partial charge is 0.417 e. The van der Waals surface area contributed by atoms with Crippen LogP contribution in [0.25, 0.3) is 22.1 Å². The van der Waals surface area contributed by atoms with Crippen LogP contribution >= 0.6 is 23.2 Å². The summed E-state index contributed by atoms with van der Waals surface area (Å²) in [6.45, 7) is 1.98. The SMILES string of the molecule is CC(Nc1cnc2cc(Cl)c(Cl)cc2n1)c1ccc2[nH]c(=O)oc2c1. The molecule has 2 aromatic carbocycles. The monoisotopic (exact) mass is 374 g/mol. The van der Waals surface area contributed by atoms with Gasteiger partial charge in [-0.3, -0.25) is 9.97 Å². The van der Waals surface area contributed by atoms with Crippen molar-refractivity contribution in [2.45, 2.75) is 13.0 Å². The Kier molecular flexibility index (Phi) is 3.86. The van der Waals surface area contributed by atoms with Gasteiger partial charge in [0.1, 0.15) is 5.82 Å². The maximum atomic E-state index is 11.3. The van der Waals surface area contributed by atoms with Crippen LogP contribution in [0.5, 0.6) is 0 Å². The van der Waals surface area contributed by atoms with Crippen molar-refractivity contribution in [1.82, 2.24) is 15.0 Å². The molecule has 25 heavy (non-hydrogen) atoms. The molecule has 0 aliphatic rings. The number of H-pyrrole nitrogens is 1. The quantitative estimate of drug-likeness (QED) is 0.549. The predicted octanol–water partition coefficient (Wildman–Crippen LogP) is 4.54. The van der Waals surface area contributed by atoms with Crippen molar-refractivity contribution in [2.75, 3.05) is 5.32 Å². The van der Waals surface area contributed by atoms with Gasteiger partial charge in [0.15, 0.2) is 5.58 Å². The van der Waals surface area contributed by atoms with Gasteiger partial charge in [-0.2, -0.15) is 0 Å². The van der Waals surface area contributed by atoms with Crippen LogP contribution in [0.15, 0.2) is 45.7 Å². The standard InChI is InChI=1S/C17H12Cl2N4O2/c1-8(9-2-3-12-15(4-9)25-17(24)23-12)21-16-7-20-13-5-10(18)11(19)6-14(13)22-16/h2-8H,1H3,(H,21,22)(H,23,24). The number of rotatable bonds is 3. The zero-order valence-electron chi connectivity index (χ0n) is 13.0. The summed E-state index contributed by atoms with van der Waals surface area (Å²) >= 11 is 12.0. The first-order valence-electron chi connectivity index (χ1n) is 7.51. The molecule has 2 aromatic heterocycles. The average molecular weight is 375 g/mol. The van der Waals surface area contributed by atoms with Gasteiger partial charge in [-0.1, -0.05) is 29.3 Å². The Labute approximate surface area is 151 Å². The molecule has 0 spiro atoms. The van der Waals surface area contributed by atoms with Crippen LogP contribution in [-0.4, -0.2) is 15.0 Å². The van der Waals surface area contributed by atoms with Crippen LogP contribution in [0.4, 0.5) is 5.82 Å². The minimum Gasteiger partial charge on any atom is -0.408 e. The van der Waals surface area contributed by atoms with Crippen LogP contribution in [0.2, 0.25) is 10.0 Å². The number of fused-ring (bicyclic) bond motifs is 2. The zero-order valence-corrected chi connectivity index (χ0v) is 14.5. The lowest BCUT2D eigenvalue weighted by Gasteiger charge is -2.15. The van der Waals surface area contributed by atoms with E-state index in [0.717, 1.165) is 5.56 Å². The molecule has 4 aromatic rings. The molecule has 0 fully saturated rings. The average Bonchev–Trinajstić information content (AvgIpc) is 2.95. The van der Waals surface area contributed by atoms with Gasteiger partial charge in [-0.05, 0) is 36.8 Å². The van der Waals surface area contributed by atoms with E-state index in [1.54, 1.807) is 18.3 Å². The van der Waals surface area contributed by atoms with E-state index >= 15 is 0 Å². The normalized spacial score (nSPS) is 12.6. The second kappa shape index (κ2) is 6.06. The van der Waals surface area contributed by atoms with Crippen molar-refractivity contribution in [3.8, 4) is 0 Å². The maximum Gasteiger partial charge on any atom is 0.417 e. The molecule has 1 atom stereocenters. The molecular formula is C17H12Cl2N4O2. The summed E-state index contributed by atoms with van der Waals surface area (Å²) in [5, 5.41) is 4.15. The molecule has 126 valence electrons. The van der Waals surface area contributed by atoms with Crippen molar-refractivity contribution >= 4 is 51.2 Å². The number of hydrogen-bond acceptors (Lipinski definition) is 5. The topological polar surface area (TPSA) is 83.8 Å². The van der Waals surface area contributed by atoms with E-state index in [1.807, 2.05) is 25.1 Å². The lowest BCUT2D eigenvalue weighted by Crippen LogP contribution is -2.08. The molecule has 2 heterocycles. The summed E-state index contributed by atoms with van der Waals surface area (Å²) in [5.41, 5.74) is 3.45. The smallest absolute Gasteiger partial charge is 0.408 e. The number of aromatic nitrogens is 3. The molecule has 2 N–H and O–H groups in total. The Bertz CT molecular complexity index is 1150. The molecule has 0 radical (unpaired) electrons. The molecule has 0 amide bonds. The predicted molar refractivity (Wildman–Crippen MR) is 98.4 cm³/mol. The minimum atomic E-state index is -0.469. The second-order valence-electron chi connectivity index (χ2n) is 5.65. The van der Waals surface area contributed by atoms with E-state index in [4.69, 9.17) is 27.6 Å². The van der Waals surface area contributed by atoms with E-state index in [2.05, 4.69) is 20.3 Å². The molecule has 0 bridgehead atoms. The van der Waals surface area contributed by atoms with Gasteiger partial charge in [0, 0.05) is 0 Å². The highest BCUT2D eigenvalue weighted by Gasteiger charge is 2.11. The third-order valence-electron chi connectivity index (χ3n) is 3.89. The molecule has 0 aliphatic carbocycles. The number of anilines is 1. The van der Waals surface area contributed by atoms with Crippen LogP contribution in [0.3, 0.4) is 0 Å². The number of benzene rings is 2. The van der Waals surface area contributed by atoms with Gasteiger partial charge < -0.3 is 9.73 Å². The second-order valence-corrected chi connectivity index (χ2v) is 6.46. The number of aromatic amines is 1. The Balaban J connectivity index is 1.64. The highest BCUT2D eigenvalue weighted by atomic mass is 35.5. The summed E-state index contributed by atoms with van der Waals surface area (Å²) in [6.07, 6.45) is 1.64. The van der Waals surface area contributed by atoms with Gasteiger partial charge in [0.25, 0.3) is 0 Å². The molecule has 8 heteroatoms. The first-order chi connectivity index (χ1) is 12.0. The lowest BCUT2D eigenvalue weighted by molar-refractivity contribution is 0.555. The molecule has 1 unspecified atom stereocenters. The third kappa shape index (κ3) is 3.06. The molecule has 6 nitrogen and oxygen atoms in total. The van der Waals surface area contributed by atoms with E-state index < -0.39 is 5.76 Å². The van der Waals surface area contributed by atoms with Crippen molar-refractivity contribution in [3.05, 3.63) is 62.7 Å². The Hall–Kier alpha value is -2.57. The first kappa shape index (κ1) is 15.9. The van der Waals surface area contributed by atoms with Gasteiger partial charge in [0.05, 0.1) is 38.8 Å². The Morgan fingerprint density at radius 3 is 2.72 bits per heavy atom. The number of hydrogen-bond donors (Lipinski definition) is 2. The Morgan fingerprint density at radius 2 is 1.92 bits per heavy atom. The molecule has 0 aliphatic heterocycles. The van der Waals surface area contributed by atoms with Gasteiger partial charge in [0.2, 0.25) is 0 Å². The highest BCUT2D eigenvalue weighted by molar-refractivity contribution is 6.42. The zero-order chi connectivity index (χ0) is 17.6. The van der Waals surface area contributed by atoms with Crippen LogP contribution in [0.1, 0.15) is 18.5 Å². The summed E-state index contributed by atoms with van der Waals surface area (Å²) in [6, 6.07) is 8.83. The van der Waals surface area contributed by atoms with E-state index in [9.17, 15) is 4.79 Å². The van der Waals surface area contributed by atoms with Gasteiger partial charge >= 0.3 is 5.76 Å². The van der Waals surface area contributed by atoms with E-state index in [1.165, 1.54) is 0 Å². The van der Waals surface area contributed by atoms with Gasteiger partial charge in [-0.25, -0.2) is 9.78 Å². The molecule has 4 rings (SSSR count). The molecular weight excluding hydrogens is 363 g/mol. The minimum absolute atomic E-state index is 0.0703. The number of nitrogens with one attached hydrogen (secondary N) is 2. The van der Waals surface area contributed by atoms with E-state index in [-0.39, 0.29) is 6.04 Å². The lowest BCUT2D eigenvalue weighted by atomic mass is 10.1. The van der Waals surface area contributed by atoms with Crippen molar-refractivity contribution < 1.29 is 4.42 Å². The van der Waals surface area contributed by atoms with E-state index in [0.29, 0.717) is 38.0 Å². The summed E-state index contributed by atoms with van der Waals surface area (Å²) in [7, 11) is 0. The highest BCUT2D eigenvalue weighted by Crippen LogP contribution is 2.27. The third-order valence-corrected chi connectivity index (χ3v) is 4.62. The van der Waals surface area contributed by atoms with Crippen molar-refractivity contribution in [2.24, 2.45) is 0 Å². The maximum absolute atomic E-state index is 11.3. The fraction of sp³-hybridized carbons (Fsp3) is 0.118. The van der Waals surface area contributed by atoms with Gasteiger partial charge in [-0.15, -0.1) is 0 Å². The summed E-state index contributed by atoms with van der Waals surface area (Å²) in [4.78, 5) is 22.7. The first-order valence-corrected chi connectivity index (χ1v) is 8.26. The van der Waals surface area contributed by atoms with Crippen molar-refractivity contribution in [1.29, 1.82) is 0 Å². The fourth-order valence-electron chi connectivity index (χ4n) is 2.61. The molecule has 0 saturated heterocycles. The summed E-state index contributed by atoms with van der Waals surface area (Å²) < 4.78 is 5.10. The van der Waals surface area contributed by atoms with Crippen LogP contribution in [-0.2, 0) is 0 Å². The number of nitrogens with zero attached hydrogens (tertiary/aromatic N) is 2. The van der Waals surface area contributed by atoms with Crippen molar-refractivity contribution in [3.63, 3.8) is 0 Å². The molecule has 0 saturated carbocycles. The summed E-state index contributed by atoms with van der Waals surface area (Å²) in [5.74, 6) is 0.137. The number of halogens is 2. The number of oxazole rings is 1. The van der Waals surface area contributed by atoms with Crippen LogP contribution in [0, 0.1) is 0 Å². The Morgan fingerprint density at radius 1 is 1.16 bits per heavy atom.